The van der Waals surface area contributed by atoms with Crippen molar-refractivity contribution in [2.75, 3.05) is 0 Å². The molecule has 0 atom stereocenters. The number of carbonyl (C=O) groups excluding carboxylic acids is 1. The van der Waals surface area contributed by atoms with E-state index in [1.165, 1.54) is 10.6 Å². The number of nitrogens with one attached hydrogen (secondary N) is 1. The molecular weight excluding hydrogens is 316 g/mol. The lowest BCUT2D eigenvalue weighted by Gasteiger charge is -2.04. The first kappa shape index (κ1) is 13.5. The van der Waals surface area contributed by atoms with E-state index in [1.54, 1.807) is 19.2 Å². The molecule has 100 valence electrons. The zero-order chi connectivity index (χ0) is 14.0. The van der Waals surface area contributed by atoms with Crippen LogP contribution >= 0.6 is 15.9 Å². The van der Waals surface area contributed by atoms with Crippen molar-refractivity contribution >= 4 is 21.8 Å². The molecule has 2 aromatic rings. The third-order valence-corrected chi connectivity index (χ3v) is 2.91. The number of nitrogens with two attached hydrogens (primary N) is 1. The fourth-order valence-corrected chi connectivity index (χ4v) is 2.18. The quantitative estimate of drug-likeness (QED) is 0.487. The number of carbonyl (C=O) groups is 1. The maximum Gasteiger partial charge on any atom is 0.287 e. The van der Waals surface area contributed by atoms with E-state index in [-0.39, 0.29) is 17.8 Å². The summed E-state index contributed by atoms with van der Waals surface area (Å²) in [6.45, 7) is 1.90. The van der Waals surface area contributed by atoms with Crippen LogP contribution in [-0.4, -0.2) is 15.6 Å². The molecular formula is C11H11BrN4O3. The molecule has 2 heterocycles. The Hall–Kier alpha value is -1.93. The predicted molar refractivity (Wildman–Crippen MR) is 70.4 cm³/mol. The van der Waals surface area contributed by atoms with Crippen molar-refractivity contribution in [1.82, 2.24) is 15.1 Å². The van der Waals surface area contributed by atoms with E-state index in [9.17, 15) is 9.59 Å². The monoisotopic (exact) mass is 326 g/mol. The molecule has 0 unspecified atom stereocenters. The summed E-state index contributed by atoms with van der Waals surface area (Å²) in [4.78, 5) is 23.1. The van der Waals surface area contributed by atoms with Crippen LogP contribution in [0.1, 0.15) is 21.8 Å². The summed E-state index contributed by atoms with van der Waals surface area (Å²) in [5.41, 5.74) is 2.49. The Bertz CT molecular complexity index is 677. The second-order valence-electron chi connectivity index (χ2n) is 3.93. The van der Waals surface area contributed by atoms with E-state index >= 15 is 0 Å². The van der Waals surface area contributed by atoms with E-state index in [0.717, 1.165) is 4.47 Å². The lowest BCUT2D eigenvalue weighted by molar-refractivity contribution is 0.0944. The van der Waals surface area contributed by atoms with Gasteiger partial charge in [-0.25, -0.2) is 5.84 Å². The summed E-state index contributed by atoms with van der Waals surface area (Å²) in [6.07, 6.45) is 1.64. The molecule has 8 heteroatoms. The van der Waals surface area contributed by atoms with E-state index in [2.05, 4.69) is 21.1 Å². The van der Waals surface area contributed by atoms with Crippen LogP contribution in [0.3, 0.4) is 0 Å². The Labute approximate surface area is 116 Å². The summed E-state index contributed by atoms with van der Waals surface area (Å²) in [5.74, 6) is 4.83. The van der Waals surface area contributed by atoms with Crippen molar-refractivity contribution < 1.29 is 9.32 Å². The molecule has 0 aliphatic heterocycles. The van der Waals surface area contributed by atoms with Gasteiger partial charge < -0.3 is 9.09 Å². The molecule has 19 heavy (non-hydrogen) atoms. The van der Waals surface area contributed by atoms with Crippen LogP contribution in [0.4, 0.5) is 0 Å². The molecule has 0 fully saturated rings. The van der Waals surface area contributed by atoms with Crippen LogP contribution in [0.25, 0.3) is 0 Å². The number of rotatable bonds is 3. The number of hydrogen-bond donors (Lipinski definition) is 2. The van der Waals surface area contributed by atoms with Gasteiger partial charge in [0.15, 0.2) is 11.5 Å². The first-order valence-electron chi connectivity index (χ1n) is 5.34. The lowest BCUT2D eigenvalue weighted by Crippen LogP contribution is -2.30. The molecule has 0 aromatic carbocycles. The Balaban J connectivity index is 2.29. The summed E-state index contributed by atoms with van der Waals surface area (Å²) in [6, 6.07) is 3.16. The third kappa shape index (κ3) is 2.91. The molecule has 7 nitrogen and oxygen atoms in total. The van der Waals surface area contributed by atoms with Gasteiger partial charge >= 0.3 is 0 Å². The Morgan fingerprint density at radius 1 is 1.58 bits per heavy atom. The molecule has 0 aliphatic carbocycles. The van der Waals surface area contributed by atoms with Gasteiger partial charge in [-0.15, -0.1) is 0 Å². The zero-order valence-corrected chi connectivity index (χ0v) is 11.6. The highest BCUT2D eigenvalue weighted by molar-refractivity contribution is 9.10. The van der Waals surface area contributed by atoms with E-state index in [0.29, 0.717) is 11.3 Å². The van der Waals surface area contributed by atoms with Gasteiger partial charge in [0.2, 0.25) is 0 Å². The summed E-state index contributed by atoms with van der Waals surface area (Å²) >= 11 is 3.31. The number of hydrazine groups is 1. The number of nitrogen functional groups attached to an aromatic ring is 1. The molecule has 0 saturated heterocycles. The summed E-state index contributed by atoms with van der Waals surface area (Å²) < 4.78 is 7.23. The molecule has 2 aromatic heterocycles. The maximum atomic E-state index is 11.9. The van der Waals surface area contributed by atoms with Crippen molar-refractivity contribution in [3.8, 4) is 0 Å². The average molecular weight is 327 g/mol. The second kappa shape index (κ2) is 5.37. The van der Waals surface area contributed by atoms with Crippen LogP contribution in [0, 0.1) is 6.92 Å². The fourth-order valence-electron chi connectivity index (χ4n) is 1.59. The molecule has 0 bridgehead atoms. The minimum absolute atomic E-state index is 0.0669. The minimum Gasteiger partial charge on any atom is -0.359 e. The highest BCUT2D eigenvalue weighted by Crippen LogP contribution is 2.10. The molecule has 0 radical (unpaired) electrons. The van der Waals surface area contributed by atoms with E-state index < -0.39 is 5.91 Å². The number of aryl methyl sites for hydroxylation is 1. The third-order valence-electron chi connectivity index (χ3n) is 2.48. The number of nitrogens with zero attached hydrogens (tertiary/aromatic N) is 2. The van der Waals surface area contributed by atoms with Gasteiger partial charge in [-0.2, -0.15) is 0 Å². The fraction of sp³-hybridized carbons (Fsp3) is 0.182. The van der Waals surface area contributed by atoms with Gasteiger partial charge in [-0.05, 0) is 28.9 Å². The predicted octanol–water partition coefficient (Wildman–Crippen LogP) is 0.559. The first-order valence-corrected chi connectivity index (χ1v) is 6.13. The van der Waals surface area contributed by atoms with Crippen LogP contribution in [0.15, 0.2) is 32.1 Å². The minimum atomic E-state index is -0.548. The van der Waals surface area contributed by atoms with Crippen molar-refractivity contribution in [3.63, 3.8) is 0 Å². The van der Waals surface area contributed by atoms with Gasteiger partial charge in [0.05, 0.1) is 6.54 Å². The van der Waals surface area contributed by atoms with Gasteiger partial charge in [0, 0.05) is 22.3 Å². The lowest BCUT2D eigenvalue weighted by atomic mass is 10.3. The van der Waals surface area contributed by atoms with E-state index in [4.69, 9.17) is 10.4 Å². The smallest absolute Gasteiger partial charge is 0.287 e. The summed E-state index contributed by atoms with van der Waals surface area (Å²) in [5, 5.41) is 3.56. The average Bonchev–Trinajstić information content (AvgIpc) is 2.83. The SMILES string of the molecule is Cc1cc(Br)cn(Cc2cc(C(=O)NN)no2)c1=O. The number of amides is 1. The molecule has 0 saturated carbocycles. The van der Waals surface area contributed by atoms with Crippen LogP contribution < -0.4 is 16.8 Å². The number of hydrogen-bond acceptors (Lipinski definition) is 5. The van der Waals surface area contributed by atoms with Crippen molar-refractivity contribution in [1.29, 1.82) is 0 Å². The zero-order valence-electron chi connectivity index (χ0n) is 10.0. The van der Waals surface area contributed by atoms with Crippen LogP contribution in [0.2, 0.25) is 0 Å². The highest BCUT2D eigenvalue weighted by atomic mass is 79.9. The number of halogens is 1. The molecule has 0 spiro atoms. The maximum absolute atomic E-state index is 11.9. The van der Waals surface area contributed by atoms with Crippen molar-refractivity contribution in [2.24, 2.45) is 5.84 Å². The summed E-state index contributed by atoms with van der Waals surface area (Å²) in [7, 11) is 0. The van der Waals surface area contributed by atoms with Crippen molar-refractivity contribution in [2.45, 2.75) is 13.5 Å². The standard InChI is InChI=1S/C11H11BrN4O3/c1-6-2-7(12)4-16(11(6)18)5-8-3-9(15-19-8)10(17)14-13/h2-4H,5,13H2,1H3,(H,14,17). The normalized spacial score (nSPS) is 10.5. The van der Waals surface area contributed by atoms with Gasteiger partial charge in [0.1, 0.15) is 0 Å². The molecule has 3 N–H and O–H groups in total. The van der Waals surface area contributed by atoms with Crippen LogP contribution in [0.5, 0.6) is 0 Å². The topological polar surface area (TPSA) is 103 Å². The molecule has 2 rings (SSSR count). The van der Waals surface area contributed by atoms with Gasteiger partial charge in [0.25, 0.3) is 11.5 Å². The number of aromatic nitrogens is 2. The van der Waals surface area contributed by atoms with Gasteiger partial charge in [-0.1, -0.05) is 5.16 Å². The Morgan fingerprint density at radius 3 is 3.00 bits per heavy atom. The van der Waals surface area contributed by atoms with E-state index in [1.807, 2.05) is 5.43 Å². The second-order valence-corrected chi connectivity index (χ2v) is 4.84. The largest absolute Gasteiger partial charge is 0.359 e. The number of pyridine rings is 1. The van der Waals surface area contributed by atoms with Crippen molar-refractivity contribution in [3.05, 3.63) is 50.2 Å². The first-order chi connectivity index (χ1) is 9.01. The molecule has 0 aliphatic rings. The molecule has 1 amide bonds. The Kier molecular flexibility index (Phi) is 3.82. The Morgan fingerprint density at radius 2 is 2.32 bits per heavy atom. The van der Waals surface area contributed by atoms with Crippen LogP contribution in [-0.2, 0) is 6.54 Å². The van der Waals surface area contributed by atoms with Gasteiger partial charge in [-0.3, -0.25) is 15.0 Å². The highest BCUT2D eigenvalue weighted by Gasteiger charge is 2.12.